The lowest BCUT2D eigenvalue weighted by molar-refractivity contribution is -0.153. The number of ketones is 1. The molecule has 0 spiro atoms. The molecule has 5 nitrogen and oxygen atoms in total. The van der Waals surface area contributed by atoms with Crippen molar-refractivity contribution in [3.63, 3.8) is 0 Å². The minimum atomic E-state index is -0.250. The molecule has 0 aromatic heterocycles. The number of carbonyl (C=O) groups is 2. The predicted molar refractivity (Wildman–Crippen MR) is 134 cm³/mol. The van der Waals surface area contributed by atoms with E-state index in [-0.39, 0.29) is 37.0 Å². The summed E-state index contributed by atoms with van der Waals surface area (Å²) < 4.78 is 11.2. The summed E-state index contributed by atoms with van der Waals surface area (Å²) in [6.45, 7) is 7.64. The van der Waals surface area contributed by atoms with Crippen molar-refractivity contribution in [3.8, 4) is 0 Å². The summed E-state index contributed by atoms with van der Waals surface area (Å²) in [7, 11) is 4.08. The first-order valence-corrected chi connectivity index (χ1v) is 13.3. The molecule has 0 aliphatic carbocycles. The van der Waals surface area contributed by atoms with Gasteiger partial charge in [0.05, 0.1) is 12.0 Å². The maximum absolute atomic E-state index is 12.7. The molecule has 0 heterocycles. The maximum atomic E-state index is 12.7. The molecule has 0 rings (SSSR count). The molecule has 5 heteroatoms. The van der Waals surface area contributed by atoms with E-state index in [0.29, 0.717) is 6.42 Å². The Morgan fingerprint density at radius 2 is 1.34 bits per heavy atom. The summed E-state index contributed by atoms with van der Waals surface area (Å²) in [4.78, 5) is 26.8. The Hall–Kier alpha value is -0.940. The molecule has 0 aliphatic rings. The summed E-state index contributed by atoms with van der Waals surface area (Å²) in [5.41, 5.74) is 0. The highest BCUT2D eigenvalue weighted by molar-refractivity contribution is 5.79. The van der Waals surface area contributed by atoms with Crippen molar-refractivity contribution in [1.29, 1.82) is 0 Å². The molecule has 0 fully saturated rings. The lowest BCUT2D eigenvalue weighted by atomic mass is 9.94. The summed E-state index contributed by atoms with van der Waals surface area (Å²) >= 11 is 0. The average Bonchev–Trinajstić information content (AvgIpc) is 2.77. The van der Waals surface area contributed by atoms with Gasteiger partial charge < -0.3 is 14.4 Å². The summed E-state index contributed by atoms with van der Waals surface area (Å²) in [5, 5.41) is 0. The molecular formula is C27H53NO4. The first-order chi connectivity index (χ1) is 15.4. The van der Waals surface area contributed by atoms with E-state index in [1.807, 2.05) is 21.0 Å². The number of nitrogens with zero attached hydrogens (tertiary/aromatic N) is 1. The number of hydrogen-bond donors (Lipinski definition) is 0. The summed E-state index contributed by atoms with van der Waals surface area (Å²) in [6.07, 6.45) is 16.3. The van der Waals surface area contributed by atoms with Crippen LogP contribution in [0.25, 0.3) is 0 Å². The van der Waals surface area contributed by atoms with Gasteiger partial charge in [-0.3, -0.25) is 9.59 Å². The third kappa shape index (κ3) is 19.7. The van der Waals surface area contributed by atoms with Crippen LogP contribution in [0.4, 0.5) is 0 Å². The molecule has 0 saturated carbocycles. The molecule has 2 unspecified atom stereocenters. The van der Waals surface area contributed by atoms with Crippen LogP contribution >= 0.6 is 0 Å². The molecule has 0 amide bonds. The average molecular weight is 456 g/mol. The van der Waals surface area contributed by atoms with E-state index in [2.05, 4.69) is 18.7 Å². The predicted octanol–water partition coefficient (Wildman–Crippen LogP) is 6.57. The van der Waals surface area contributed by atoms with Crippen LogP contribution < -0.4 is 0 Å². The zero-order valence-corrected chi connectivity index (χ0v) is 22.0. The second-order valence-corrected chi connectivity index (χ2v) is 9.65. The van der Waals surface area contributed by atoms with Crippen molar-refractivity contribution < 1.29 is 19.1 Å². The van der Waals surface area contributed by atoms with Crippen LogP contribution in [0.1, 0.15) is 117 Å². The van der Waals surface area contributed by atoms with Crippen molar-refractivity contribution in [2.24, 2.45) is 5.92 Å². The molecule has 0 aromatic rings. The number of ether oxygens (including phenoxy) is 2. The van der Waals surface area contributed by atoms with E-state index in [4.69, 9.17) is 9.47 Å². The van der Waals surface area contributed by atoms with Crippen LogP contribution in [0.15, 0.2) is 0 Å². The number of esters is 1. The van der Waals surface area contributed by atoms with Gasteiger partial charge in [0.25, 0.3) is 0 Å². The number of rotatable bonds is 23. The normalized spacial score (nSPS) is 13.3. The van der Waals surface area contributed by atoms with Crippen LogP contribution in [0, 0.1) is 5.92 Å². The van der Waals surface area contributed by atoms with E-state index in [0.717, 1.165) is 57.9 Å². The van der Waals surface area contributed by atoms with Gasteiger partial charge in [0, 0.05) is 6.42 Å². The zero-order valence-electron chi connectivity index (χ0n) is 22.0. The minimum Gasteiger partial charge on any atom is -0.463 e. The number of unbranched alkanes of at least 4 members (excludes halogenated alkanes) is 9. The van der Waals surface area contributed by atoms with Gasteiger partial charge in [-0.25, -0.2) is 0 Å². The van der Waals surface area contributed by atoms with Gasteiger partial charge in [-0.2, -0.15) is 0 Å². The van der Waals surface area contributed by atoms with Gasteiger partial charge in [0.15, 0.2) is 5.78 Å². The third-order valence-electron chi connectivity index (χ3n) is 5.95. The molecular weight excluding hydrogens is 402 g/mol. The van der Waals surface area contributed by atoms with Gasteiger partial charge in [-0.1, -0.05) is 78.1 Å². The van der Waals surface area contributed by atoms with Crippen molar-refractivity contribution >= 4 is 11.8 Å². The standard InChI is InChI=1S/C27H53NO4/c1-6-8-10-11-12-13-15-19-25(18-14-9-7-2)27(30)32-22-24(3)31-23-26(29)20-16-17-21-28(4)5/h24-25H,6-23H2,1-5H3. The van der Waals surface area contributed by atoms with Gasteiger partial charge in [0.2, 0.25) is 0 Å². The molecule has 0 aliphatic heterocycles. The molecule has 0 radical (unpaired) electrons. The van der Waals surface area contributed by atoms with Crippen molar-refractivity contribution in [3.05, 3.63) is 0 Å². The van der Waals surface area contributed by atoms with Crippen LogP contribution in [-0.4, -0.2) is 56.6 Å². The summed E-state index contributed by atoms with van der Waals surface area (Å²) in [6, 6.07) is 0. The lowest BCUT2D eigenvalue weighted by Gasteiger charge is -2.18. The fourth-order valence-corrected chi connectivity index (χ4v) is 3.79. The Labute approximate surface area is 199 Å². The Morgan fingerprint density at radius 3 is 1.97 bits per heavy atom. The Balaban J connectivity index is 4.13. The van der Waals surface area contributed by atoms with E-state index in [1.54, 1.807) is 0 Å². The van der Waals surface area contributed by atoms with Crippen LogP contribution in [0.2, 0.25) is 0 Å². The van der Waals surface area contributed by atoms with Gasteiger partial charge in [-0.15, -0.1) is 0 Å². The Bertz CT molecular complexity index is 453. The largest absolute Gasteiger partial charge is 0.463 e. The maximum Gasteiger partial charge on any atom is 0.309 e. The minimum absolute atomic E-state index is 0.00252. The highest BCUT2D eigenvalue weighted by Crippen LogP contribution is 2.20. The second kappa shape index (κ2) is 21.9. The van der Waals surface area contributed by atoms with Crippen molar-refractivity contribution in [2.75, 3.05) is 33.9 Å². The van der Waals surface area contributed by atoms with Gasteiger partial charge >= 0.3 is 5.97 Å². The monoisotopic (exact) mass is 455 g/mol. The van der Waals surface area contributed by atoms with E-state index < -0.39 is 0 Å². The fraction of sp³-hybridized carbons (Fsp3) is 0.926. The molecule has 32 heavy (non-hydrogen) atoms. The topological polar surface area (TPSA) is 55.8 Å². The first-order valence-electron chi connectivity index (χ1n) is 13.3. The second-order valence-electron chi connectivity index (χ2n) is 9.65. The van der Waals surface area contributed by atoms with Crippen LogP contribution in [0.3, 0.4) is 0 Å². The highest BCUT2D eigenvalue weighted by atomic mass is 16.6. The number of carbonyl (C=O) groups excluding carboxylic acids is 2. The molecule has 0 saturated heterocycles. The number of hydrogen-bond acceptors (Lipinski definition) is 5. The molecule has 190 valence electrons. The SMILES string of the molecule is CCCCCCCCCC(CCCCC)C(=O)OCC(C)OCC(=O)CCCCN(C)C. The van der Waals surface area contributed by atoms with Crippen molar-refractivity contribution in [1.82, 2.24) is 4.90 Å². The fourth-order valence-electron chi connectivity index (χ4n) is 3.79. The Kier molecular flexibility index (Phi) is 21.2. The molecule has 2 atom stereocenters. The first kappa shape index (κ1) is 31.1. The smallest absolute Gasteiger partial charge is 0.309 e. The highest BCUT2D eigenvalue weighted by Gasteiger charge is 2.20. The van der Waals surface area contributed by atoms with Gasteiger partial charge in [0.1, 0.15) is 13.2 Å². The van der Waals surface area contributed by atoms with Crippen molar-refractivity contribution in [2.45, 2.75) is 123 Å². The van der Waals surface area contributed by atoms with Crippen LogP contribution in [-0.2, 0) is 19.1 Å². The Morgan fingerprint density at radius 1 is 0.781 bits per heavy atom. The zero-order chi connectivity index (χ0) is 24.0. The van der Waals surface area contributed by atoms with E-state index >= 15 is 0 Å². The lowest BCUT2D eigenvalue weighted by Crippen LogP contribution is -2.25. The molecule has 0 N–H and O–H groups in total. The van der Waals surface area contributed by atoms with Crippen LogP contribution in [0.5, 0.6) is 0 Å². The third-order valence-corrected chi connectivity index (χ3v) is 5.95. The van der Waals surface area contributed by atoms with E-state index in [1.165, 1.54) is 38.5 Å². The van der Waals surface area contributed by atoms with E-state index in [9.17, 15) is 9.59 Å². The quantitative estimate of drug-likeness (QED) is 0.129. The number of Topliss-reactive ketones (excluding diaryl/α,β-unsaturated/α-hetero) is 1. The van der Waals surface area contributed by atoms with Gasteiger partial charge in [-0.05, 0) is 53.2 Å². The molecule has 0 aromatic carbocycles. The summed E-state index contributed by atoms with van der Waals surface area (Å²) in [5.74, 6) is 0.0404. The molecule has 0 bridgehead atoms.